The molecule has 1 N–H and O–H groups in total. The lowest BCUT2D eigenvalue weighted by molar-refractivity contribution is 0.223. The minimum absolute atomic E-state index is 0.548. The Balaban J connectivity index is 2.11. The van der Waals surface area contributed by atoms with Gasteiger partial charge in [0.15, 0.2) is 0 Å². The van der Waals surface area contributed by atoms with Crippen LogP contribution in [-0.4, -0.2) is 66.7 Å². The molecule has 0 amide bonds. The van der Waals surface area contributed by atoms with E-state index in [1.54, 1.807) is 6.92 Å². The molecular formula is C18H27N3OS. The number of aliphatic hydroxyl groups excluding tert-OH is 1. The van der Waals surface area contributed by atoms with E-state index < -0.39 is 6.10 Å². The summed E-state index contributed by atoms with van der Waals surface area (Å²) in [5.41, 5.74) is 3.94. The van der Waals surface area contributed by atoms with Crippen LogP contribution in [0.25, 0.3) is 0 Å². The number of likely N-dealkylation sites (N-methyl/N-ethyl adjacent to an activating group) is 1. The molecule has 5 heteroatoms. The fourth-order valence-electron chi connectivity index (χ4n) is 2.44. The maximum absolute atomic E-state index is 9.92. The highest BCUT2D eigenvalue weighted by Gasteiger charge is 2.20. The van der Waals surface area contributed by atoms with Crippen molar-refractivity contribution < 1.29 is 5.11 Å². The van der Waals surface area contributed by atoms with Crippen LogP contribution in [0.5, 0.6) is 0 Å². The van der Waals surface area contributed by atoms with Crippen LogP contribution in [0.3, 0.4) is 0 Å². The normalized spacial score (nSPS) is 16.8. The van der Waals surface area contributed by atoms with Gasteiger partial charge in [0.05, 0.1) is 24.1 Å². The number of rotatable bonds is 6. The highest BCUT2D eigenvalue weighted by Crippen LogP contribution is 2.23. The van der Waals surface area contributed by atoms with Gasteiger partial charge in [-0.1, -0.05) is 12.1 Å². The Bertz CT molecular complexity index is 591. The first-order chi connectivity index (χ1) is 10.9. The predicted molar refractivity (Wildman–Crippen MR) is 99.3 cm³/mol. The standard InChI is InChI=1S/C18H27N3OS/c1-13-18(14(2)22)19-17(12-21(13)5)15-6-8-16(9-7-15)23-11-10-20(3)4/h6-9,14,22H,10-12H2,1-5H3. The average molecular weight is 334 g/mol. The van der Waals surface area contributed by atoms with Crippen molar-refractivity contribution in [3.05, 3.63) is 41.2 Å². The maximum Gasteiger partial charge on any atom is 0.0949 e. The van der Waals surface area contributed by atoms with Crippen LogP contribution >= 0.6 is 11.8 Å². The summed E-state index contributed by atoms with van der Waals surface area (Å²) >= 11 is 1.87. The molecule has 0 aliphatic carbocycles. The van der Waals surface area contributed by atoms with Gasteiger partial charge in [0, 0.05) is 29.9 Å². The Hall–Kier alpha value is -1.30. The van der Waals surface area contributed by atoms with Gasteiger partial charge in [0.1, 0.15) is 0 Å². The van der Waals surface area contributed by atoms with E-state index in [9.17, 15) is 5.11 Å². The Morgan fingerprint density at radius 1 is 1.30 bits per heavy atom. The Labute approximate surface area is 143 Å². The van der Waals surface area contributed by atoms with Crippen LogP contribution in [0, 0.1) is 0 Å². The quantitative estimate of drug-likeness (QED) is 0.813. The summed E-state index contributed by atoms with van der Waals surface area (Å²) < 4.78 is 0. The predicted octanol–water partition coefficient (Wildman–Crippen LogP) is 2.69. The SMILES string of the molecule is CC1=C(C(C)O)N=C(c2ccc(SCCN(C)C)cc2)CN1C. The molecule has 0 radical (unpaired) electrons. The second-order valence-electron chi connectivity index (χ2n) is 6.24. The topological polar surface area (TPSA) is 39.1 Å². The first kappa shape index (κ1) is 18.0. The molecule has 1 atom stereocenters. The zero-order valence-corrected chi connectivity index (χ0v) is 15.5. The second-order valence-corrected chi connectivity index (χ2v) is 7.41. The van der Waals surface area contributed by atoms with Crippen LogP contribution in [0.15, 0.2) is 45.5 Å². The average Bonchev–Trinajstić information content (AvgIpc) is 2.50. The largest absolute Gasteiger partial charge is 0.387 e. The Morgan fingerprint density at radius 2 is 1.96 bits per heavy atom. The van der Waals surface area contributed by atoms with Crippen molar-refractivity contribution >= 4 is 17.5 Å². The zero-order valence-electron chi connectivity index (χ0n) is 14.7. The van der Waals surface area contributed by atoms with Gasteiger partial charge in [0.25, 0.3) is 0 Å². The van der Waals surface area contributed by atoms with Crippen molar-refractivity contribution in [1.29, 1.82) is 0 Å². The summed E-state index contributed by atoms with van der Waals surface area (Å²) in [6, 6.07) is 8.58. The molecule has 0 saturated carbocycles. The summed E-state index contributed by atoms with van der Waals surface area (Å²) in [5.74, 6) is 1.09. The molecule has 1 unspecified atom stereocenters. The number of thioether (sulfide) groups is 1. The van der Waals surface area contributed by atoms with Crippen LogP contribution < -0.4 is 0 Å². The van der Waals surface area contributed by atoms with Crippen molar-refractivity contribution in [2.24, 2.45) is 4.99 Å². The van der Waals surface area contributed by atoms with Crippen molar-refractivity contribution in [2.45, 2.75) is 24.8 Å². The summed E-state index contributed by atoms with van der Waals surface area (Å²) in [5, 5.41) is 9.92. The van der Waals surface area contributed by atoms with Gasteiger partial charge < -0.3 is 14.9 Å². The summed E-state index contributed by atoms with van der Waals surface area (Å²) in [7, 11) is 6.23. The number of hydrogen-bond acceptors (Lipinski definition) is 5. The molecule has 1 aromatic rings. The van der Waals surface area contributed by atoms with Gasteiger partial charge in [-0.05, 0) is 45.6 Å². The van der Waals surface area contributed by atoms with Crippen molar-refractivity contribution in [3.8, 4) is 0 Å². The monoisotopic (exact) mass is 333 g/mol. The van der Waals surface area contributed by atoms with Crippen molar-refractivity contribution in [3.63, 3.8) is 0 Å². The molecule has 0 bridgehead atoms. The molecule has 4 nitrogen and oxygen atoms in total. The van der Waals surface area contributed by atoms with Crippen molar-refractivity contribution in [2.75, 3.05) is 40.0 Å². The Kier molecular flexibility index (Phi) is 6.27. The van der Waals surface area contributed by atoms with E-state index in [1.165, 1.54) is 4.90 Å². The molecule has 0 spiro atoms. The van der Waals surface area contributed by atoms with Crippen LogP contribution in [-0.2, 0) is 0 Å². The lowest BCUT2D eigenvalue weighted by Crippen LogP contribution is -2.31. The smallest absolute Gasteiger partial charge is 0.0949 e. The van der Waals surface area contributed by atoms with E-state index in [4.69, 9.17) is 0 Å². The second kappa shape index (κ2) is 7.99. The van der Waals surface area contributed by atoms with Crippen LogP contribution in [0.2, 0.25) is 0 Å². The molecule has 126 valence electrons. The first-order valence-electron chi connectivity index (χ1n) is 7.94. The molecule has 23 heavy (non-hydrogen) atoms. The zero-order chi connectivity index (χ0) is 17.0. The van der Waals surface area contributed by atoms with Gasteiger partial charge in [-0.3, -0.25) is 4.99 Å². The molecule has 1 aliphatic heterocycles. The summed E-state index contributed by atoms with van der Waals surface area (Å²) in [6.45, 7) is 5.62. The van der Waals surface area contributed by atoms with Gasteiger partial charge in [-0.25, -0.2) is 0 Å². The molecular weight excluding hydrogens is 306 g/mol. The van der Waals surface area contributed by atoms with Crippen LogP contribution in [0.1, 0.15) is 19.4 Å². The van der Waals surface area contributed by atoms with Crippen molar-refractivity contribution in [1.82, 2.24) is 9.80 Å². The molecule has 0 saturated heterocycles. The van der Waals surface area contributed by atoms with Gasteiger partial charge in [-0.2, -0.15) is 0 Å². The Morgan fingerprint density at radius 3 is 2.52 bits per heavy atom. The molecule has 1 heterocycles. The number of aliphatic hydroxyl groups is 1. The van der Waals surface area contributed by atoms with Crippen LogP contribution in [0.4, 0.5) is 0 Å². The third kappa shape index (κ3) is 4.83. The molecule has 0 fully saturated rings. The van der Waals surface area contributed by atoms with E-state index in [0.717, 1.165) is 41.5 Å². The minimum atomic E-state index is -0.548. The number of benzene rings is 1. The summed E-state index contributed by atoms with van der Waals surface area (Å²) in [4.78, 5) is 10.3. The number of allylic oxidation sites excluding steroid dienone is 1. The lowest BCUT2D eigenvalue weighted by Gasteiger charge is -2.28. The highest BCUT2D eigenvalue weighted by molar-refractivity contribution is 7.99. The number of aliphatic imine (C=N–C) groups is 1. The summed E-state index contributed by atoms with van der Waals surface area (Å²) in [6.07, 6.45) is -0.548. The van der Waals surface area contributed by atoms with Gasteiger partial charge in [0.2, 0.25) is 0 Å². The van der Waals surface area contributed by atoms with E-state index in [0.29, 0.717) is 0 Å². The minimum Gasteiger partial charge on any atom is -0.387 e. The highest BCUT2D eigenvalue weighted by atomic mass is 32.2. The van der Waals surface area contributed by atoms with Gasteiger partial charge in [-0.15, -0.1) is 11.8 Å². The third-order valence-electron chi connectivity index (χ3n) is 3.98. The van der Waals surface area contributed by atoms with Gasteiger partial charge >= 0.3 is 0 Å². The lowest BCUT2D eigenvalue weighted by atomic mass is 10.1. The number of nitrogens with zero attached hydrogens (tertiary/aromatic N) is 3. The first-order valence-corrected chi connectivity index (χ1v) is 8.92. The molecule has 0 aromatic heterocycles. The van der Waals surface area contributed by atoms with E-state index in [1.807, 2.05) is 25.7 Å². The maximum atomic E-state index is 9.92. The fraction of sp³-hybridized carbons (Fsp3) is 0.500. The van der Waals surface area contributed by atoms with E-state index >= 15 is 0 Å². The molecule has 1 aliphatic rings. The number of hydrogen-bond donors (Lipinski definition) is 1. The van der Waals surface area contributed by atoms with E-state index in [-0.39, 0.29) is 0 Å². The third-order valence-corrected chi connectivity index (χ3v) is 4.97. The van der Waals surface area contributed by atoms with E-state index in [2.05, 4.69) is 53.2 Å². The molecule has 2 rings (SSSR count). The fourth-order valence-corrected chi connectivity index (χ4v) is 3.46. The molecule has 1 aromatic carbocycles.